The zero-order chi connectivity index (χ0) is 16.8. The molecule has 0 bridgehead atoms. The molecule has 0 radical (unpaired) electrons. The van der Waals surface area contributed by atoms with Crippen LogP contribution in [0, 0.1) is 0 Å². The van der Waals surface area contributed by atoms with Gasteiger partial charge < -0.3 is 9.64 Å². The third-order valence-electron chi connectivity index (χ3n) is 3.53. The van der Waals surface area contributed by atoms with Crippen molar-refractivity contribution in [3.63, 3.8) is 0 Å². The second-order valence-electron chi connectivity index (χ2n) is 5.47. The van der Waals surface area contributed by atoms with Gasteiger partial charge in [0.15, 0.2) is 6.61 Å². The van der Waals surface area contributed by atoms with E-state index in [-0.39, 0.29) is 12.5 Å². The lowest BCUT2D eigenvalue weighted by Gasteiger charge is -2.20. The van der Waals surface area contributed by atoms with Crippen molar-refractivity contribution >= 4 is 22.6 Å². The van der Waals surface area contributed by atoms with E-state index < -0.39 is 5.97 Å². The van der Waals surface area contributed by atoms with Crippen LogP contribution in [-0.4, -0.2) is 36.5 Å². The number of carbonyl (C=O) groups excluding carboxylic acids is 2. The molecule has 0 fully saturated rings. The number of hydrogen-bond donors (Lipinski definition) is 0. The molecule has 1 amide bonds. The summed E-state index contributed by atoms with van der Waals surface area (Å²) in [7, 11) is 0. The number of rotatable bonds is 6. The van der Waals surface area contributed by atoms with Gasteiger partial charge in [-0.05, 0) is 30.7 Å². The number of esters is 1. The van der Waals surface area contributed by atoms with Gasteiger partial charge in [-0.15, -0.1) is 0 Å². The number of likely N-dealkylation sites (N-methyl/N-ethyl adjacent to an activating group) is 1. The zero-order valence-corrected chi connectivity index (χ0v) is 13.5. The number of benzene rings is 2. The van der Waals surface area contributed by atoms with Crippen LogP contribution >= 0.6 is 0 Å². The van der Waals surface area contributed by atoms with Crippen molar-refractivity contribution in [3.8, 4) is 0 Å². The molecule has 0 atom stereocenters. The maximum Gasteiger partial charge on any atom is 0.339 e. The van der Waals surface area contributed by atoms with Crippen LogP contribution < -0.4 is 0 Å². The minimum absolute atomic E-state index is 0.218. The molecular weight excluding hydrogens is 290 g/mol. The van der Waals surface area contributed by atoms with Crippen LogP contribution in [0.5, 0.6) is 0 Å². The van der Waals surface area contributed by atoms with Crippen molar-refractivity contribution in [3.05, 3.63) is 60.2 Å². The molecule has 4 heteroatoms. The summed E-state index contributed by atoms with van der Waals surface area (Å²) in [4.78, 5) is 26.0. The normalized spacial score (nSPS) is 10.3. The van der Waals surface area contributed by atoms with Gasteiger partial charge in [0.2, 0.25) is 0 Å². The van der Waals surface area contributed by atoms with Gasteiger partial charge in [0.05, 0.1) is 5.56 Å². The number of hydrogen-bond acceptors (Lipinski definition) is 3. The molecule has 2 rings (SSSR count). The average molecular weight is 311 g/mol. The predicted molar refractivity (Wildman–Crippen MR) is 91.3 cm³/mol. The molecule has 0 N–H and O–H groups in total. The fraction of sp³-hybridized carbons (Fsp3) is 0.263. The molecule has 0 aromatic heterocycles. The Kier molecular flexibility index (Phi) is 5.52. The highest BCUT2D eigenvalue weighted by atomic mass is 16.5. The quantitative estimate of drug-likeness (QED) is 0.606. The minimum Gasteiger partial charge on any atom is -0.452 e. The standard InChI is InChI=1S/C19H21NO3/c1-4-20(12-14(2)3)18(21)13-23-19(22)17-11-7-9-15-8-5-6-10-16(15)17/h5-11H,2,4,12-13H2,1,3H3. The van der Waals surface area contributed by atoms with Crippen LogP contribution in [0.1, 0.15) is 24.2 Å². The number of nitrogens with zero attached hydrogens (tertiary/aromatic N) is 1. The van der Waals surface area contributed by atoms with Gasteiger partial charge in [-0.25, -0.2) is 4.79 Å². The van der Waals surface area contributed by atoms with Crippen molar-refractivity contribution in [2.24, 2.45) is 0 Å². The first kappa shape index (κ1) is 16.7. The third kappa shape index (κ3) is 4.19. The highest BCUT2D eigenvalue weighted by molar-refractivity contribution is 6.04. The summed E-state index contributed by atoms with van der Waals surface area (Å²) in [5, 5.41) is 1.78. The van der Waals surface area contributed by atoms with E-state index in [1.165, 1.54) is 0 Å². The van der Waals surface area contributed by atoms with Crippen molar-refractivity contribution in [1.82, 2.24) is 4.90 Å². The summed E-state index contributed by atoms with van der Waals surface area (Å²) in [5.41, 5.74) is 1.36. The van der Waals surface area contributed by atoms with Crippen LogP contribution in [0.15, 0.2) is 54.6 Å². The molecule has 0 heterocycles. The molecule has 2 aromatic carbocycles. The fourth-order valence-electron chi connectivity index (χ4n) is 2.40. The maximum absolute atomic E-state index is 12.3. The van der Waals surface area contributed by atoms with Gasteiger partial charge in [-0.1, -0.05) is 48.6 Å². The third-order valence-corrected chi connectivity index (χ3v) is 3.53. The van der Waals surface area contributed by atoms with Gasteiger partial charge in [0.1, 0.15) is 0 Å². The van der Waals surface area contributed by atoms with E-state index in [4.69, 9.17) is 4.74 Å². The van der Waals surface area contributed by atoms with Crippen molar-refractivity contribution in [2.45, 2.75) is 13.8 Å². The van der Waals surface area contributed by atoms with E-state index in [9.17, 15) is 9.59 Å². The second-order valence-corrected chi connectivity index (χ2v) is 5.47. The number of carbonyl (C=O) groups is 2. The molecule has 0 saturated carbocycles. The Morgan fingerprint density at radius 1 is 1.13 bits per heavy atom. The van der Waals surface area contributed by atoms with E-state index in [0.717, 1.165) is 16.3 Å². The first-order valence-corrected chi connectivity index (χ1v) is 7.60. The molecule has 0 unspecified atom stereocenters. The molecule has 0 saturated heterocycles. The largest absolute Gasteiger partial charge is 0.452 e. The molecule has 2 aromatic rings. The van der Waals surface area contributed by atoms with Crippen LogP contribution in [0.2, 0.25) is 0 Å². The predicted octanol–water partition coefficient (Wildman–Crippen LogP) is 3.42. The maximum atomic E-state index is 12.3. The Morgan fingerprint density at radius 3 is 2.52 bits per heavy atom. The molecule has 4 nitrogen and oxygen atoms in total. The second kappa shape index (κ2) is 7.58. The first-order valence-electron chi connectivity index (χ1n) is 7.60. The summed E-state index contributed by atoms with van der Waals surface area (Å²) in [5.74, 6) is -0.703. The average Bonchev–Trinajstić information content (AvgIpc) is 2.56. The molecule has 0 aliphatic rings. The van der Waals surface area contributed by atoms with E-state index >= 15 is 0 Å². The summed E-state index contributed by atoms with van der Waals surface area (Å²) in [6.45, 7) is 8.31. The Morgan fingerprint density at radius 2 is 1.83 bits per heavy atom. The Labute approximate surface area is 136 Å². The summed E-state index contributed by atoms with van der Waals surface area (Å²) in [6, 6.07) is 13.0. The molecule has 0 aliphatic carbocycles. The Balaban J connectivity index is 2.07. The molecule has 0 aliphatic heterocycles. The zero-order valence-electron chi connectivity index (χ0n) is 13.5. The number of fused-ring (bicyclic) bond motifs is 1. The van der Waals surface area contributed by atoms with E-state index in [1.54, 1.807) is 17.0 Å². The van der Waals surface area contributed by atoms with Gasteiger partial charge in [-0.2, -0.15) is 0 Å². The minimum atomic E-state index is -0.485. The van der Waals surface area contributed by atoms with Crippen LogP contribution in [0.3, 0.4) is 0 Å². The van der Waals surface area contributed by atoms with Crippen molar-refractivity contribution in [1.29, 1.82) is 0 Å². The lowest BCUT2D eigenvalue weighted by molar-refractivity contribution is -0.133. The van der Waals surface area contributed by atoms with E-state index in [1.807, 2.05) is 44.2 Å². The topological polar surface area (TPSA) is 46.6 Å². The highest BCUT2D eigenvalue weighted by Crippen LogP contribution is 2.19. The fourth-order valence-corrected chi connectivity index (χ4v) is 2.40. The van der Waals surface area contributed by atoms with Gasteiger partial charge in [0, 0.05) is 13.1 Å². The SMILES string of the molecule is C=C(C)CN(CC)C(=O)COC(=O)c1cccc2ccccc12. The lowest BCUT2D eigenvalue weighted by Crippen LogP contribution is -2.35. The number of amides is 1. The first-order chi connectivity index (χ1) is 11.0. The molecule has 23 heavy (non-hydrogen) atoms. The summed E-state index contributed by atoms with van der Waals surface area (Å²) in [6.07, 6.45) is 0. The van der Waals surface area contributed by atoms with E-state index in [0.29, 0.717) is 18.7 Å². The van der Waals surface area contributed by atoms with E-state index in [2.05, 4.69) is 6.58 Å². The van der Waals surface area contributed by atoms with Gasteiger partial charge >= 0.3 is 5.97 Å². The van der Waals surface area contributed by atoms with Crippen molar-refractivity contribution < 1.29 is 14.3 Å². The monoisotopic (exact) mass is 311 g/mol. The van der Waals surface area contributed by atoms with Crippen molar-refractivity contribution in [2.75, 3.05) is 19.7 Å². The van der Waals surface area contributed by atoms with Gasteiger partial charge in [0.25, 0.3) is 5.91 Å². The smallest absolute Gasteiger partial charge is 0.339 e. The molecule has 120 valence electrons. The summed E-state index contributed by atoms with van der Waals surface area (Å²) >= 11 is 0. The Hall–Kier alpha value is -2.62. The molecular formula is C19H21NO3. The number of ether oxygens (including phenoxy) is 1. The van der Waals surface area contributed by atoms with Gasteiger partial charge in [-0.3, -0.25) is 4.79 Å². The van der Waals surface area contributed by atoms with Crippen LogP contribution in [0.4, 0.5) is 0 Å². The Bertz CT molecular complexity index is 731. The lowest BCUT2D eigenvalue weighted by atomic mass is 10.1. The van der Waals surface area contributed by atoms with Crippen LogP contribution in [-0.2, 0) is 9.53 Å². The van der Waals surface area contributed by atoms with Crippen LogP contribution in [0.25, 0.3) is 10.8 Å². The summed E-state index contributed by atoms with van der Waals surface area (Å²) < 4.78 is 5.20. The molecule has 0 spiro atoms. The highest BCUT2D eigenvalue weighted by Gasteiger charge is 2.16.